The standard InChI is InChI=1S/C15H18ClNS/c16-11-15(10-13-4-2-1-3-5-13)17-8-6-14-7-9-18-12-14/h1-5,7,9,12,15,17H,6,8,10-11H2. The number of halogens is 1. The van der Waals surface area contributed by atoms with Gasteiger partial charge >= 0.3 is 0 Å². The van der Waals surface area contributed by atoms with Crippen LogP contribution in [0.25, 0.3) is 0 Å². The van der Waals surface area contributed by atoms with E-state index in [9.17, 15) is 0 Å². The summed E-state index contributed by atoms with van der Waals surface area (Å²) in [6.07, 6.45) is 2.07. The Balaban J connectivity index is 1.75. The van der Waals surface area contributed by atoms with Crippen LogP contribution in [-0.4, -0.2) is 18.5 Å². The number of benzene rings is 1. The van der Waals surface area contributed by atoms with Crippen molar-refractivity contribution in [1.29, 1.82) is 0 Å². The summed E-state index contributed by atoms with van der Waals surface area (Å²) < 4.78 is 0. The van der Waals surface area contributed by atoms with E-state index >= 15 is 0 Å². The van der Waals surface area contributed by atoms with Gasteiger partial charge in [0.05, 0.1) is 0 Å². The molecule has 18 heavy (non-hydrogen) atoms. The molecule has 0 aliphatic carbocycles. The van der Waals surface area contributed by atoms with Crippen molar-refractivity contribution >= 4 is 22.9 Å². The Bertz CT molecular complexity index is 427. The molecule has 0 aliphatic heterocycles. The molecule has 0 saturated carbocycles. The third-order valence-corrected chi connectivity index (χ3v) is 4.04. The summed E-state index contributed by atoms with van der Waals surface area (Å²) in [5.74, 6) is 0.651. The van der Waals surface area contributed by atoms with Crippen molar-refractivity contribution in [3.63, 3.8) is 0 Å². The summed E-state index contributed by atoms with van der Waals surface area (Å²) in [4.78, 5) is 0. The van der Waals surface area contributed by atoms with E-state index < -0.39 is 0 Å². The molecule has 96 valence electrons. The van der Waals surface area contributed by atoms with Crippen molar-refractivity contribution in [3.05, 3.63) is 58.3 Å². The molecule has 1 aromatic heterocycles. The van der Waals surface area contributed by atoms with Gasteiger partial charge in [0.2, 0.25) is 0 Å². The van der Waals surface area contributed by atoms with E-state index in [1.807, 2.05) is 6.07 Å². The van der Waals surface area contributed by atoms with Crippen LogP contribution in [0, 0.1) is 0 Å². The maximum Gasteiger partial charge on any atom is 0.0380 e. The fraction of sp³-hybridized carbons (Fsp3) is 0.333. The number of alkyl halides is 1. The molecular weight excluding hydrogens is 262 g/mol. The Hall–Kier alpha value is -0.830. The van der Waals surface area contributed by atoms with E-state index in [-0.39, 0.29) is 0 Å². The van der Waals surface area contributed by atoms with Crippen LogP contribution in [0.2, 0.25) is 0 Å². The summed E-state index contributed by atoms with van der Waals surface area (Å²) in [7, 11) is 0. The van der Waals surface area contributed by atoms with E-state index in [1.54, 1.807) is 11.3 Å². The molecule has 0 spiro atoms. The molecule has 2 aromatic rings. The molecule has 1 heterocycles. The minimum absolute atomic E-state index is 0.354. The largest absolute Gasteiger partial charge is 0.312 e. The molecule has 0 aliphatic rings. The van der Waals surface area contributed by atoms with Gasteiger partial charge in [-0.05, 0) is 47.3 Å². The third kappa shape index (κ3) is 4.45. The molecule has 0 bridgehead atoms. The number of nitrogens with one attached hydrogen (secondary N) is 1. The van der Waals surface area contributed by atoms with Crippen LogP contribution in [-0.2, 0) is 12.8 Å². The third-order valence-electron chi connectivity index (χ3n) is 2.94. The lowest BCUT2D eigenvalue weighted by atomic mass is 10.1. The van der Waals surface area contributed by atoms with Gasteiger partial charge in [-0.25, -0.2) is 0 Å². The second-order valence-electron chi connectivity index (χ2n) is 4.38. The van der Waals surface area contributed by atoms with Crippen LogP contribution in [0.15, 0.2) is 47.2 Å². The second kappa shape index (κ2) is 7.57. The first-order valence-electron chi connectivity index (χ1n) is 6.23. The van der Waals surface area contributed by atoms with Gasteiger partial charge < -0.3 is 5.32 Å². The highest BCUT2D eigenvalue weighted by molar-refractivity contribution is 7.07. The molecular formula is C15H18ClNS. The Morgan fingerprint density at radius 3 is 2.61 bits per heavy atom. The van der Waals surface area contributed by atoms with Gasteiger partial charge in [-0.3, -0.25) is 0 Å². The normalized spacial score (nSPS) is 12.5. The fourth-order valence-corrected chi connectivity index (χ4v) is 2.86. The first-order chi connectivity index (χ1) is 8.88. The van der Waals surface area contributed by atoms with Crippen molar-refractivity contribution in [2.75, 3.05) is 12.4 Å². The molecule has 2 rings (SSSR count). The first-order valence-corrected chi connectivity index (χ1v) is 7.70. The minimum Gasteiger partial charge on any atom is -0.312 e. The van der Waals surface area contributed by atoms with Crippen molar-refractivity contribution in [3.8, 4) is 0 Å². The van der Waals surface area contributed by atoms with Crippen LogP contribution in [0.1, 0.15) is 11.1 Å². The van der Waals surface area contributed by atoms with E-state index in [2.05, 4.69) is 46.4 Å². The lowest BCUT2D eigenvalue weighted by Gasteiger charge is -2.15. The van der Waals surface area contributed by atoms with Crippen molar-refractivity contribution < 1.29 is 0 Å². The van der Waals surface area contributed by atoms with Gasteiger partial charge in [-0.2, -0.15) is 11.3 Å². The van der Waals surface area contributed by atoms with Gasteiger partial charge in [0, 0.05) is 11.9 Å². The quantitative estimate of drug-likeness (QED) is 0.762. The van der Waals surface area contributed by atoms with E-state index in [0.29, 0.717) is 11.9 Å². The number of thiophene rings is 1. The van der Waals surface area contributed by atoms with E-state index in [1.165, 1.54) is 11.1 Å². The summed E-state index contributed by atoms with van der Waals surface area (Å²) in [6.45, 7) is 0.987. The number of rotatable bonds is 7. The lowest BCUT2D eigenvalue weighted by molar-refractivity contribution is 0.553. The van der Waals surface area contributed by atoms with Crippen LogP contribution in [0.5, 0.6) is 0 Å². The molecule has 1 aromatic carbocycles. The van der Waals surface area contributed by atoms with Crippen molar-refractivity contribution in [2.24, 2.45) is 0 Å². The highest BCUT2D eigenvalue weighted by Gasteiger charge is 2.07. The van der Waals surface area contributed by atoms with Crippen LogP contribution in [0.4, 0.5) is 0 Å². The maximum atomic E-state index is 6.02. The Kier molecular flexibility index (Phi) is 5.72. The Morgan fingerprint density at radius 2 is 1.94 bits per heavy atom. The molecule has 0 fully saturated rings. The molecule has 3 heteroatoms. The maximum absolute atomic E-state index is 6.02. The predicted molar refractivity (Wildman–Crippen MR) is 80.7 cm³/mol. The van der Waals surface area contributed by atoms with Crippen molar-refractivity contribution in [2.45, 2.75) is 18.9 Å². The highest BCUT2D eigenvalue weighted by Crippen LogP contribution is 2.07. The van der Waals surface area contributed by atoms with Crippen LogP contribution in [0.3, 0.4) is 0 Å². The second-order valence-corrected chi connectivity index (χ2v) is 5.47. The van der Waals surface area contributed by atoms with Gasteiger partial charge in [0.1, 0.15) is 0 Å². The monoisotopic (exact) mass is 279 g/mol. The average Bonchev–Trinajstić information content (AvgIpc) is 2.92. The molecule has 0 saturated heterocycles. The highest BCUT2D eigenvalue weighted by atomic mass is 35.5. The molecule has 0 amide bonds. The average molecular weight is 280 g/mol. The molecule has 1 N–H and O–H groups in total. The fourth-order valence-electron chi connectivity index (χ4n) is 1.94. The lowest BCUT2D eigenvalue weighted by Crippen LogP contribution is -2.34. The van der Waals surface area contributed by atoms with Crippen molar-refractivity contribution in [1.82, 2.24) is 5.32 Å². The van der Waals surface area contributed by atoms with Crippen LogP contribution < -0.4 is 5.32 Å². The zero-order chi connectivity index (χ0) is 12.6. The summed E-state index contributed by atoms with van der Waals surface area (Å²) in [6, 6.07) is 13.0. The molecule has 1 atom stereocenters. The van der Waals surface area contributed by atoms with E-state index in [0.717, 1.165) is 19.4 Å². The number of hydrogen-bond donors (Lipinski definition) is 1. The van der Waals surface area contributed by atoms with Gasteiger partial charge in [-0.15, -0.1) is 11.6 Å². The number of hydrogen-bond acceptors (Lipinski definition) is 2. The van der Waals surface area contributed by atoms with Gasteiger partial charge in [0.25, 0.3) is 0 Å². The zero-order valence-corrected chi connectivity index (χ0v) is 11.9. The topological polar surface area (TPSA) is 12.0 Å². The summed E-state index contributed by atoms with van der Waals surface area (Å²) in [5.41, 5.74) is 2.74. The van der Waals surface area contributed by atoms with Gasteiger partial charge in [-0.1, -0.05) is 30.3 Å². The molecule has 0 radical (unpaired) electrons. The SMILES string of the molecule is ClCC(Cc1ccccc1)NCCc1ccsc1. The smallest absolute Gasteiger partial charge is 0.0380 e. The van der Waals surface area contributed by atoms with E-state index in [4.69, 9.17) is 11.6 Å². The summed E-state index contributed by atoms with van der Waals surface area (Å²) in [5, 5.41) is 7.86. The first kappa shape index (κ1) is 13.6. The Morgan fingerprint density at radius 1 is 1.11 bits per heavy atom. The Labute approximate surface area is 118 Å². The van der Waals surface area contributed by atoms with Gasteiger partial charge in [0.15, 0.2) is 0 Å². The molecule has 1 unspecified atom stereocenters. The predicted octanol–water partition coefficient (Wildman–Crippen LogP) is 3.73. The minimum atomic E-state index is 0.354. The zero-order valence-electron chi connectivity index (χ0n) is 10.3. The molecule has 1 nitrogen and oxygen atoms in total. The van der Waals surface area contributed by atoms with Crippen LogP contribution >= 0.6 is 22.9 Å². The summed E-state index contributed by atoms with van der Waals surface area (Å²) >= 11 is 7.77.